The van der Waals surface area contributed by atoms with Gasteiger partial charge in [-0.3, -0.25) is 4.79 Å². The molecule has 3 heteroatoms. The molecule has 0 aromatic heterocycles. The van der Waals surface area contributed by atoms with E-state index in [4.69, 9.17) is 4.74 Å². The molecule has 0 saturated carbocycles. The van der Waals surface area contributed by atoms with E-state index in [0.29, 0.717) is 18.4 Å². The fourth-order valence-electron chi connectivity index (χ4n) is 3.27. The number of benzene rings is 1. The molecule has 20 heavy (non-hydrogen) atoms. The molecule has 2 aliphatic rings. The molecule has 1 fully saturated rings. The highest BCUT2D eigenvalue weighted by molar-refractivity contribution is 5.99. The number of ether oxygens (including phenoxy) is 1. The number of likely N-dealkylation sites (tertiary alicyclic amines) is 1. The van der Waals surface area contributed by atoms with Crippen molar-refractivity contribution >= 4 is 12.0 Å². The van der Waals surface area contributed by atoms with E-state index in [1.807, 2.05) is 35.2 Å². The van der Waals surface area contributed by atoms with Crippen molar-refractivity contribution in [2.45, 2.75) is 20.3 Å². The van der Waals surface area contributed by atoms with Gasteiger partial charge in [-0.25, -0.2) is 0 Å². The van der Waals surface area contributed by atoms with Gasteiger partial charge in [0.2, 0.25) is 0 Å². The molecule has 1 aromatic carbocycles. The number of hydrogen-bond donors (Lipinski definition) is 0. The van der Waals surface area contributed by atoms with E-state index >= 15 is 0 Å². The van der Waals surface area contributed by atoms with Crippen molar-refractivity contribution in [3.8, 4) is 5.75 Å². The Morgan fingerprint density at radius 3 is 2.65 bits per heavy atom. The molecule has 0 spiro atoms. The van der Waals surface area contributed by atoms with E-state index in [0.717, 1.165) is 30.0 Å². The Balaban J connectivity index is 1.80. The van der Waals surface area contributed by atoms with Crippen LogP contribution in [0.3, 0.4) is 0 Å². The standard InChI is InChI=1S/C17H21NO2/c1-12-7-13(2)10-18(9-12)17(19)15-8-14-5-3-4-6-16(14)20-11-15/h3-6,8,12-13H,7,9-11H2,1-2H3/t12-,13-/m1/s1. The van der Waals surface area contributed by atoms with Crippen molar-refractivity contribution in [1.82, 2.24) is 4.90 Å². The van der Waals surface area contributed by atoms with Gasteiger partial charge >= 0.3 is 0 Å². The summed E-state index contributed by atoms with van der Waals surface area (Å²) in [5, 5.41) is 0. The van der Waals surface area contributed by atoms with Crippen molar-refractivity contribution in [3.05, 3.63) is 35.4 Å². The van der Waals surface area contributed by atoms with E-state index in [9.17, 15) is 4.79 Å². The van der Waals surface area contributed by atoms with Crippen molar-refractivity contribution in [1.29, 1.82) is 0 Å². The van der Waals surface area contributed by atoms with Crippen LogP contribution in [-0.4, -0.2) is 30.5 Å². The van der Waals surface area contributed by atoms with E-state index < -0.39 is 0 Å². The molecule has 2 atom stereocenters. The van der Waals surface area contributed by atoms with E-state index in [-0.39, 0.29) is 5.91 Å². The Morgan fingerprint density at radius 1 is 1.20 bits per heavy atom. The fraction of sp³-hybridized carbons (Fsp3) is 0.471. The maximum atomic E-state index is 12.6. The number of para-hydroxylation sites is 1. The second-order valence-corrected chi connectivity index (χ2v) is 6.15. The number of fused-ring (bicyclic) bond motifs is 1. The summed E-state index contributed by atoms with van der Waals surface area (Å²) in [4.78, 5) is 14.6. The van der Waals surface area contributed by atoms with Crippen LogP contribution < -0.4 is 4.74 Å². The summed E-state index contributed by atoms with van der Waals surface area (Å²) in [6.07, 6.45) is 3.19. The number of amides is 1. The van der Waals surface area contributed by atoms with E-state index in [1.165, 1.54) is 6.42 Å². The highest BCUT2D eigenvalue weighted by atomic mass is 16.5. The molecular formula is C17H21NO2. The van der Waals surface area contributed by atoms with E-state index in [1.54, 1.807) is 0 Å². The minimum atomic E-state index is 0.137. The van der Waals surface area contributed by atoms with Crippen LogP contribution in [0.4, 0.5) is 0 Å². The average Bonchev–Trinajstić information content (AvgIpc) is 2.45. The molecule has 1 amide bonds. The molecule has 1 aromatic rings. The predicted molar refractivity (Wildman–Crippen MR) is 79.4 cm³/mol. The average molecular weight is 271 g/mol. The van der Waals surface area contributed by atoms with E-state index in [2.05, 4.69) is 13.8 Å². The number of rotatable bonds is 1. The van der Waals surface area contributed by atoms with Crippen LogP contribution in [0.25, 0.3) is 6.08 Å². The predicted octanol–water partition coefficient (Wildman–Crippen LogP) is 2.97. The van der Waals surface area contributed by atoms with Gasteiger partial charge < -0.3 is 9.64 Å². The maximum absolute atomic E-state index is 12.6. The summed E-state index contributed by atoms with van der Waals surface area (Å²) >= 11 is 0. The molecule has 0 aliphatic carbocycles. The highest BCUT2D eigenvalue weighted by Crippen LogP contribution is 2.28. The van der Waals surface area contributed by atoms with Gasteiger partial charge in [-0.15, -0.1) is 0 Å². The van der Waals surface area contributed by atoms with Gasteiger partial charge in [0.25, 0.3) is 5.91 Å². The molecule has 106 valence electrons. The molecule has 0 radical (unpaired) electrons. The molecule has 2 aliphatic heterocycles. The van der Waals surface area contributed by atoms with Gasteiger partial charge in [0.05, 0.1) is 5.57 Å². The largest absolute Gasteiger partial charge is 0.488 e. The van der Waals surface area contributed by atoms with Gasteiger partial charge in [0, 0.05) is 18.7 Å². The molecule has 3 rings (SSSR count). The summed E-state index contributed by atoms with van der Waals surface area (Å²) in [6, 6.07) is 7.85. The minimum absolute atomic E-state index is 0.137. The maximum Gasteiger partial charge on any atom is 0.253 e. The summed E-state index contributed by atoms with van der Waals surface area (Å²) in [6.45, 7) is 6.55. The zero-order valence-corrected chi connectivity index (χ0v) is 12.1. The molecule has 0 bridgehead atoms. The van der Waals surface area contributed by atoms with Crippen LogP contribution in [0.2, 0.25) is 0 Å². The van der Waals surface area contributed by atoms with Gasteiger partial charge in [0.15, 0.2) is 0 Å². The zero-order valence-electron chi connectivity index (χ0n) is 12.1. The zero-order chi connectivity index (χ0) is 14.1. The first kappa shape index (κ1) is 13.2. The van der Waals surface area contributed by atoms with Crippen LogP contribution in [-0.2, 0) is 4.79 Å². The number of carbonyl (C=O) groups excluding carboxylic acids is 1. The Hall–Kier alpha value is -1.77. The topological polar surface area (TPSA) is 29.5 Å². The van der Waals surface area contributed by atoms with Crippen molar-refractivity contribution in [2.75, 3.05) is 19.7 Å². The Bertz CT molecular complexity index is 540. The first-order valence-corrected chi connectivity index (χ1v) is 7.35. The smallest absolute Gasteiger partial charge is 0.253 e. The molecule has 1 saturated heterocycles. The molecule has 0 unspecified atom stereocenters. The van der Waals surface area contributed by atoms with Crippen molar-refractivity contribution in [2.24, 2.45) is 11.8 Å². The Kier molecular flexibility index (Phi) is 3.51. The lowest BCUT2D eigenvalue weighted by Crippen LogP contribution is -2.44. The Morgan fingerprint density at radius 2 is 1.90 bits per heavy atom. The summed E-state index contributed by atoms with van der Waals surface area (Å²) in [5.74, 6) is 2.17. The summed E-state index contributed by atoms with van der Waals surface area (Å²) in [7, 11) is 0. The normalized spacial score (nSPS) is 25.5. The number of hydrogen-bond acceptors (Lipinski definition) is 2. The monoisotopic (exact) mass is 271 g/mol. The van der Waals surface area contributed by atoms with Crippen LogP contribution in [0.15, 0.2) is 29.8 Å². The molecule has 2 heterocycles. The SMILES string of the molecule is C[C@@H]1C[C@@H](C)CN(C(=O)C2=Cc3ccccc3OC2)C1. The number of carbonyl (C=O) groups is 1. The van der Waals surface area contributed by atoms with Gasteiger partial charge in [-0.2, -0.15) is 0 Å². The lowest BCUT2D eigenvalue weighted by atomic mass is 9.91. The second-order valence-electron chi connectivity index (χ2n) is 6.15. The molecule has 0 N–H and O–H groups in total. The third-order valence-corrected chi connectivity index (χ3v) is 4.06. The van der Waals surface area contributed by atoms with Crippen molar-refractivity contribution in [3.63, 3.8) is 0 Å². The van der Waals surface area contributed by atoms with Crippen LogP contribution in [0, 0.1) is 11.8 Å². The van der Waals surface area contributed by atoms with Gasteiger partial charge in [0.1, 0.15) is 12.4 Å². The quantitative estimate of drug-likeness (QED) is 0.786. The molecular weight excluding hydrogens is 250 g/mol. The van der Waals surface area contributed by atoms with Crippen LogP contribution in [0.1, 0.15) is 25.8 Å². The summed E-state index contributed by atoms with van der Waals surface area (Å²) < 4.78 is 5.69. The fourth-order valence-corrected chi connectivity index (χ4v) is 3.27. The summed E-state index contributed by atoms with van der Waals surface area (Å²) in [5.41, 5.74) is 1.77. The van der Waals surface area contributed by atoms with Gasteiger partial charge in [-0.1, -0.05) is 32.0 Å². The minimum Gasteiger partial charge on any atom is -0.488 e. The Labute approximate surface area is 120 Å². The van der Waals surface area contributed by atoms with Crippen molar-refractivity contribution < 1.29 is 9.53 Å². The second kappa shape index (κ2) is 5.31. The number of nitrogens with zero attached hydrogens (tertiary/aromatic N) is 1. The third-order valence-electron chi connectivity index (χ3n) is 4.06. The first-order valence-electron chi connectivity index (χ1n) is 7.35. The molecule has 3 nitrogen and oxygen atoms in total. The lowest BCUT2D eigenvalue weighted by molar-refractivity contribution is -0.130. The third kappa shape index (κ3) is 2.58. The van der Waals surface area contributed by atoms with Gasteiger partial charge in [-0.05, 0) is 30.4 Å². The highest BCUT2D eigenvalue weighted by Gasteiger charge is 2.28. The van der Waals surface area contributed by atoms with Crippen LogP contribution in [0.5, 0.6) is 5.75 Å². The first-order chi connectivity index (χ1) is 9.63. The number of piperidine rings is 1. The van der Waals surface area contributed by atoms with Crippen LogP contribution >= 0.6 is 0 Å². The lowest BCUT2D eigenvalue weighted by Gasteiger charge is -2.35.